The second-order valence-corrected chi connectivity index (χ2v) is 8.28. The molecule has 0 radical (unpaired) electrons. The van der Waals surface area contributed by atoms with Crippen LogP contribution in [0.2, 0.25) is 0 Å². The SMILES string of the molecule is CCNC(=O)C(C)NS(=O)(=O)C1CN(C(=O)OC(C)(C)C)C1. The molecule has 1 saturated heterocycles. The Morgan fingerprint density at radius 1 is 1.32 bits per heavy atom. The summed E-state index contributed by atoms with van der Waals surface area (Å²) >= 11 is 0. The topological polar surface area (TPSA) is 105 Å². The first-order chi connectivity index (χ1) is 9.96. The molecule has 0 aromatic heterocycles. The molecule has 0 saturated carbocycles. The van der Waals surface area contributed by atoms with E-state index in [9.17, 15) is 18.0 Å². The molecule has 128 valence electrons. The minimum Gasteiger partial charge on any atom is -0.444 e. The van der Waals surface area contributed by atoms with Gasteiger partial charge >= 0.3 is 6.09 Å². The van der Waals surface area contributed by atoms with E-state index in [0.29, 0.717) is 6.54 Å². The number of carbonyl (C=O) groups is 2. The van der Waals surface area contributed by atoms with Crippen molar-refractivity contribution in [3.63, 3.8) is 0 Å². The molecule has 0 aromatic carbocycles. The number of likely N-dealkylation sites (N-methyl/N-ethyl adjacent to an activating group) is 1. The monoisotopic (exact) mass is 335 g/mol. The Morgan fingerprint density at radius 2 is 1.86 bits per heavy atom. The smallest absolute Gasteiger partial charge is 0.410 e. The number of amides is 2. The fraction of sp³-hybridized carbons (Fsp3) is 0.846. The number of sulfonamides is 1. The van der Waals surface area contributed by atoms with Gasteiger partial charge in [0.05, 0.1) is 6.04 Å². The maximum atomic E-state index is 12.1. The van der Waals surface area contributed by atoms with Gasteiger partial charge < -0.3 is 15.0 Å². The van der Waals surface area contributed by atoms with Crippen LogP contribution < -0.4 is 10.0 Å². The zero-order valence-electron chi connectivity index (χ0n) is 13.7. The van der Waals surface area contributed by atoms with Crippen molar-refractivity contribution in [1.82, 2.24) is 14.9 Å². The van der Waals surface area contributed by atoms with Crippen LogP contribution in [0.5, 0.6) is 0 Å². The minimum absolute atomic E-state index is 0.0619. The quantitative estimate of drug-likeness (QED) is 0.739. The highest BCUT2D eigenvalue weighted by Gasteiger charge is 2.42. The number of carbonyl (C=O) groups excluding carboxylic acids is 2. The fourth-order valence-electron chi connectivity index (χ4n) is 1.83. The van der Waals surface area contributed by atoms with Gasteiger partial charge in [-0.1, -0.05) is 0 Å². The van der Waals surface area contributed by atoms with Crippen LogP contribution in [0.1, 0.15) is 34.6 Å². The van der Waals surface area contributed by atoms with E-state index < -0.39 is 33.0 Å². The summed E-state index contributed by atoms with van der Waals surface area (Å²) in [5, 5.41) is 1.82. The van der Waals surface area contributed by atoms with Gasteiger partial charge in [-0.2, -0.15) is 0 Å². The van der Waals surface area contributed by atoms with Crippen molar-refractivity contribution in [3.8, 4) is 0 Å². The van der Waals surface area contributed by atoms with Crippen LogP contribution in [0.25, 0.3) is 0 Å². The van der Waals surface area contributed by atoms with Gasteiger partial charge in [-0.3, -0.25) is 4.79 Å². The van der Waals surface area contributed by atoms with Gasteiger partial charge in [-0.25, -0.2) is 17.9 Å². The number of rotatable bonds is 5. The number of hydrogen-bond donors (Lipinski definition) is 2. The van der Waals surface area contributed by atoms with Crippen LogP contribution >= 0.6 is 0 Å². The Hall–Kier alpha value is -1.35. The lowest BCUT2D eigenvalue weighted by Gasteiger charge is -2.39. The fourth-order valence-corrected chi connectivity index (χ4v) is 3.38. The number of nitrogens with zero attached hydrogens (tertiary/aromatic N) is 1. The molecule has 1 rings (SSSR count). The van der Waals surface area contributed by atoms with Gasteiger partial charge in [0.1, 0.15) is 10.9 Å². The predicted molar refractivity (Wildman–Crippen MR) is 81.8 cm³/mol. The molecule has 1 fully saturated rings. The molecule has 1 aliphatic rings. The molecule has 8 nitrogen and oxygen atoms in total. The highest BCUT2D eigenvalue weighted by molar-refractivity contribution is 7.90. The van der Waals surface area contributed by atoms with E-state index in [1.807, 2.05) is 0 Å². The number of hydrogen-bond acceptors (Lipinski definition) is 5. The van der Waals surface area contributed by atoms with Gasteiger partial charge in [-0.05, 0) is 34.6 Å². The lowest BCUT2D eigenvalue weighted by molar-refractivity contribution is -0.122. The molecule has 0 aromatic rings. The Balaban J connectivity index is 2.51. The molecule has 22 heavy (non-hydrogen) atoms. The normalized spacial score (nSPS) is 17.6. The number of nitrogens with one attached hydrogen (secondary N) is 2. The third kappa shape index (κ3) is 5.13. The Bertz CT molecular complexity index is 520. The van der Waals surface area contributed by atoms with E-state index in [-0.39, 0.29) is 19.0 Å². The first-order valence-electron chi connectivity index (χ1n) is 7.23. The van der Waals surface area contributed by atoms with E-state index in [0.717, 1.165) is 0 Å². The first kappa shape index (κ1) is 18.7. The summed E-state index contributed by atoms with van der Waals surface area (Å²) in [5.41, 5.74) is -0.619. The van der Waals surface area contributed by atoms with Gasteiger partial charge in [0.25, 0.3) is 0 Å². The largest absolute Gasteiger partial charge is 0.444 e. The minimum atomic E-state index is -3.66. The van der Waals surface area contributed by atoms with Crippen molar-refractivity contribution in [2.75, 3.05) is 19.6 Å². The summed E-state index contributed by atoms with van der Waals surface area (Å²) in [6, 6.07) is -0.847. The average Bonchev–Trinajstić information content (AvgIpc) is 2.22. The zero-order valence-corrected chi connectivity index (χ0v) is 14.5. The molecular weight excluding hydrogens is 310 g/mol. The van der Waals surface area contributed by atoms with Gasteiger partial charge in [0, 0.05) is 19.6 Å². The summed E-state index contributed by atoms with van der Waals surface area (Å²) in [4.78, 5) is 24.6. The molecule has 0 spiro atoms. The van der Waals surface area contributed by atoms with E-state index >= 15 is 0 Å². The van der Waals surface area contributed by atoms with E-state index in [1.165, 1.54) is 11.8 Å². The molecule has 0 bridgehead atoms. The van der Waals surface area contributed by atoms with Crippen LogP contribution in [0, 0.1) is 0 Å². The van der Waals surface area contributed by atoms with E-state index in [2.05, 4.69) is 10.0 Å². The lowest BCUT2D eigenvalue weighted by Crippen LogP contribution is -2.61. The second-order valence-electron chi connectivity index (χ2n) is 6.29. The molecule has 1 unspecified atom stereocenters. The summed E-state index contributed by atoms with van der Waals surface area (Å²) < 4.78 is 31.7. The summed E-state index contributed by atoms with van der Waals surface area (Å²) in [6.45, 7) is 9.02. The highest BCUT2D eigenvalue weighted by atomic mass is 32.2. The molecule has 2 N–H and O–H groups in total. The standard InChI is InChI=1S/C13H25N3O5S/c1-6-14-11(17)9(2)15-22(19,20)10-7-16(8-10)12(18)21-13(3,4)5/h9-10,15H,6-8H2,1-5H3,(H,14,17). The molecule has 9 heteroatoms. The van der Waals surface area contributed by atoms with Gasteiger partial charge in [0.15, 0.2) is 0 Å². The maximum absolute atomic E-state index is 12.1. The third-order valence-corrected chi connectivity index (χ3v) is 4.88. The predicted octanol–water partition coefficient (Wildman–Crippen LogP) is 0.0497. The maximum Gasteiger partial charge on any atom is 0.410 e. The summed E-state index contributed by atoms with van der Waals surface area (Å²) in [5.74, 6) is -0.380. The molecule has 2 amide bonds. The first-order valence-corrected chi connectivity index (χ1v) is 8.77. The second kappa shape index (κ2) is 6.82. The summed E-state index contributed by atoms with van der Waals surface area (Å²) in [7, 11) is -3.66. The summed E-state index contributed by atoms with van der Waals surface area (Å²) in [6.07, 6.45) is -0.532. The highest BCUT2D eigenvalue weighted by Crippen LogP contribution is 2.19. The van der Waals surface area contributed by atoms with Crippen molar-refractivity contribution in [1.29, 1.82) is 0 Å². The Morgan fingerprint density at radius 3 is 2.32 bits per heavy atom. The Kier molecular flexibility index (Phi) is 5.80. The number of likely N-dealkylation sites (tertiary alicyclic amines) is 1. The van der Waals surface area contributed by atoms with E-state index in [4.69, 9.17) is 4.74 Å². The Labute approximate surface area is 131 Å². The van der Waals surface area contributed by atoms with Crippen LogP contribution in [-0.2, 0) is 19.6 Å². The van der Waals surface area contributed by atoms with Gasteiger partial charge in [-0.15, -0.1) is 0 Å². The van der Waals surface area contributed by atoms with Crippen LogP contribution in [0.3, 0.4) is 0 Å². The molecule has 1 atom stereocenters. The van der Waals surface area contributed by atoms with Crippen molar-refractivity contribution >= 4 is 22.0 Å². The number of ether oxygens (including phenoxy) is 1. The molecule has 1 aliphatic heterocycles. The van der Waals surface area contributed by atoms with Crippen LogP contribution in [-0.4, -0.2) is 61.8 Å². The molecule has 0 aliphatic carbocycles. The van der Waals surface area contributed by atoms with Crippen LogP contribution in [0.4, 0.5) is 4.79 Å². The zero-order chi connectivity index (χ0) is 17.1. The van der Waals surface area contributed by atoms with Crippen LogP contribution in [0.15, 0.2) is 0 Å². The average molecular weight is 335 g/mol. The van der Waals surface area contributed by atoms with Crippen molar-refractivity contribution in [3.05, 3.63) is 0 Å². The van der Waals surface area contributed by atoms with Crippen molar-refractivity contribution in [2.24, 2.45) is 0 Å². The molecular formula is C13H25N3O5S. The third-order valence-electron chi connectivity index (χ3n) is 3.02. The van der Waals surface area contributed by atoms with Gasteiger partial charge in [0.2, 0.25) is 15.9 Å². The van der Waals surface area contributed by atoms with Crippen molar-refractivity contribution < 1.29 is 22.7 Å². The van der Waals surface area contributed by atoms with Crippen molar-refractivity contribution in [2.45, 2.75) is 51.5 Å². The molecule has 1 heterocycles. The lowest BCUT2D eigenvalue weighted by atomic mass is 10.2. The van der Waals surface area contributed by atoms with E-state index in [1.54, 1.807) is 27.7 Å².